The van der Waals surface area contributed by atoms with E-state index in [1.807, 2.05) is 0 Å². The number of primary sulfonamides is 1. The van der Waals surface area contributed by atoms with Gasteiger partial charge in [-0.1, -0.05) is 29.8 Å². The van der Waals surface area contributed by atoms with Crippen LogP contribution in [-0.4, -0.2) is 18.2 Å². The SMILES string of the molecule is Cc1cc(-c2c(-c3ccc(S(N)(=O)=O)cc3)cnn(-c3ccc(F)c(Cl)c3)c2=O)ccc1F. The van der Waals surface area contributed by atoms with Crippen molar-refractivity contribution in [3.05, 3.63) is 99.4 Å². The zero-order valence-corrected chi connectivity index (χ0v) is 18.7. The molecule has 0 unspecified atom stereocenters. The summed E-state index contributed by atoms with van der Waals surface area (Å²) >= 11 is 5.87. The summed E-state index contributed by atoms with van der Waals surface area (Å²) in [6.07, 6.45) is 1.42. The average Bonchev–Trinajstić information content (AvgIpc) is 2.77. The van der Waals surface area contributed by atoms with E-state index < -0.39 is 27.2 Å². The van der Waals surface area contributed by atoms with Crippen molar-refractivity contribution in [2.45, 2.75) is 11.8 Å². The minimum absolute atomic E-state index is 0.0901. The van der Waals surface area contributed by atoms with Crippen molar-refractivity contribution in [3.8, 4) is 27.9 Å². The molecule has 0 saturated carbocycles. The molecule has 2 N–H and O–H groups in total. The van der Waals surface area contributed by atoms with Crippen molar-refractivity contribution in [2.24, 2.45) is 5.14 Å². The molecule has 0 radical (unpaired) electrons. The topological polar surface area (TPSA) is 95.1 Å². The van der Waals surface area contributed by atoms with E-state index in [0.29, 0.717) is 22.3 Å². The normalized spacial score (nSPS) is 11.5. The fourth-order valence-corrected chi connectivity index (χ4v) is 4.07. The van der Waals surface area contributed by atoms with Crippen molar-refractivity contribution < 1.29 is 17.2 Å². The summed E-state index contributed by atoms with van der Waals surface area (Å²) in [7, 11) is -3.90. The lowest BCUT2D eigenvalue weighted by molar-refractivity contribution is 0.598. The van der Waals surface area contributed by atoms with Crippen molar-refractivity contribution >= 4 is 21.6 Å². The Kier molecular flexibility index (Phi) is 5.87. The number of rotatable bonds is 4. The molecule has 0 spiro atoms. The highest BCUT2D eigenvalue weighted by Gasteiger charge is 2.18. The van der Waals surface area contributed by atoms with Crippen LogP contribution in [0.3, 0.4) is 0 Å². The molecule has 0 fully saturated rings. The number of benzene rings is 3. The highest BCUT2D eigenvalue weighted by atomic mass is 35.5. The van der Waals surface area contributed by atoms with E-state index in [9.17, 15) is 22.0 Å². The molecule has 0 bridgehead atoms. The quantitative estimate of drug-likeness (QED) is 0.460. The first-order valence-corrected chi connectivity index (χ1v) is 11.5. The molecule has 0 aliphatic rings. The molecule has 0 saturated heterocycles. The number of halogens is 3. The molecule has 0 atom stereocenters. The molecular weight excluding hydrogens is 472 g/mol. The Bertz CT molecular complexity index is 1550. The Morgan fingerprint density at radius 2 is 1.58 bits per heavy atom. The van der Waals surface area contributed by atoms with Crippen molar-refractivity contribution in [3.63, 3.8) is 0 Å². The molecule has 4 rings (SSSR count). The van der Waals surface area contributed by atoms with E-state index in [4.69, 9.17) is 16.7 Å². The maximum atomic E-state index is 13.9. The highest BCUT2D eigenvalue weighted by Crippen LogP contribution is 2.31. The van der Waals surface area contributed by atoms with Gasteiger partial charge in [-0.05, 0) is 66.1 Å². The zero-order valence-electron chi connectivity index (χ0n) is 17.1. The van der Waals surface area contributed by atoms with Gasteiger partial charge in [0.05, 0.1) is 27.4 Å². The van der Waals surface area contributed by atoms with Crippen molar-refractivity contribution in [1.82, 2.24) is 9.78 Å². The molecule has 1 heterocycles. The number of hydrogen-bond acceptors (Lipinski definition) is 4. The summed E-state index contributed by atoms with van der Waals surface area (Å²) in [5.41, 5.74) is 1.50. The Balaban J connectivity index is 1.98. The van der Waals surface area contributed by atoms with Gasteiger partial charge in [0.25, 0.3) is 5.56 Å². The molecule has 0 aliphatic carbocycles. The predicted molar refractivity (Wildman–Crippen MR) is 122 cm³/mol. The van der Waals surface area contributed by atoms with Gasteiger partial charge in [0.1, 0.15) is 11.6 Å². The number of aryl methyl sites for hydroxylation is 1. The van der Waals surface area contributed by atoms with Crippen LogP contribution in [-0.2, 0) is 10.0 Å². The van der Waals surface area contributed by atoms with Crippen LogP contribution >= 0.6 is 11.6 Å². The Labute approximate surface area is 192 Å². The Morgan fingerprint density at radius 1 is 0.939 bits per heavy atom. The van der Waals surface area contributed by atoms with Crippen LogP contribution in [0.5, 0.6) is 0 Å². The molecule has 33 heavy (non-hydrogen) atoms. The number of nitrogens with two attached hydrogens (primary N) is 1. The van der Waals surface area contributed by atoms with E-state index >= 15 is 0 Å². The predicted octanol–water partition coefficient (Wildman–Crippen LogP) is 4.45. The molecule has 6 nitrogen and oxygen atoms in total. The third kappa shape index (κ3) is 4.43. The average molecular weight is 488 g/mol. The summed E-state index contributed by atoms with van der Waals surface area (Å²) in [6, 6.07) is 13.6. The van der Waals surface area contributed by atoms with Crippen LogP contribution in [0.15, 0.2) is 76.6 Å². The van der Waals surface area contributed by atoms with Crippen molar-refractivity contribution in [1.29, 1.82) is 0 Å². The molecule has 0 amide bonds. The van der Waals surface area contributed by atoms with Crippen LogP contribution in [0.2, 0.25) is 5.02 Å². The van der Waals surface area contributed by atoms with Gasteiger partial charge >= 0.3 is 0 Å². The van der Waals surface area contributed by atoms with Crippen LogP contribution in [0.1, 0.15) is 5.56 Å². The van der Waals surface area contributed by atoms with Gasteiger partial charge in [-0.3, -0.25) is 4.79 Å². The number of nitrogens with zero attached hydrogens (tertiary/aromatic N) is 2. The zero-order chi connectivity index (χ0) is 23.9. The number of hydrogen-bond donors (Lipinski definition) is 1. The molecule has 4 aromatic rings. The second-order valence-corrected chi connectivity index (χ2v) is 9.25. The van der Waals surface area contributed by atoms with Gasteiger partial charge in [0, 0.05) is 5.56 Å². The smallest absolute Gasteiger partial charge is 0.267 e. The fourth-order valence-electron chi connectivity index (χ4n) is 3.38. The van der Waals surface area contributed by atoms with Gasteiger partial charge < -0.3 is 0 Å². The monoisotopic (exact) mass is 487 g/mol. The van der Waals surface area contributed by atoms with E-state index in [1.54, 1.807) is 6.92 Å². The highest BCUT2D eigenvalue weighted by molar-refractivity contribution is 7.89. The van der Waals surface area contributed by atoms with Gasteiger partial charge in [-0.15, -0.1) is 0 Å². The lowest BCUT2D eigenvalue weighted by Crippen LogP contribution is -2.23. The molecule has 10 heteroatoms. The van der Waals surface area contributed by atoms with E-state index in [0.717, 1.165) is 10.7 Å². The molecule has 1 aromatic heterocycles. The van der Waals surface area contributed by atoms with Gasteiger partial charge in [-0.2, -0.15) is 9.78 Å². The standard InChI is InChI=1S/C23H16ClF2N3O3S/c1-13-10-15(4-8-20(13)25)22-18(14-2-6-17(7-3-14)33(27,31)32)12-28-29(23(22)30)16-5-9-21(26)19(24)11-16/h2-12H,1H3,(H2,27,31,32). The molecular formula is C23H16ClF2N3O3S. The first-order valence-electron chi connectivity index (χ1n) is 9.54. The first-order chi connectivity index (χ1) is 15.6. The van der Waals surface area contributed by atoms with Crippen LogP contribution in [0.25, 0.3) is 27.9 Å². The summed E-state index contributed by atoms with van der Waals surface area (Å²) < 4.78 is 51.7. The largest absolute Gasteiger partial charge is 0.280 e. The third-order valence-electron chi connectivity index (χ3n) is 5.07. The minimum atomic E-state index is -3.90. The second kappa shape index (κ2) is 8.51. The number of sulfonamides is 1. The molecule has 168 valence electrons. The summed E-state index contributed by atoms with van der Waals surface area (Å²) in [5.74, 6) is -1.08. The lowest BCUT2D eigenvalue weighted by Gasteiger charge is -2.14. The van der Waals surface area contributed by atoms with E-state index in [1.165, 1.54) is 60.8 Å². The van der Waals surface area contributed by atoms with Crippen LogP contribution in [0, 0.1) is 18.6 Å². The van der Waals surface area contributed by atoms with Crippen LogP contribution in [0.4, 0.5) is 8.78 Å². The second-order valence-electron chi connectivity index (χ2n) is 7.28. The summed E-state index contributed by atoms with van der Waals surface area (Å²) in [6.45, 7) is 1.57. The first kappa shape index (κ1) is 22.8. The van der Waals surface area contributed by atoms with Gasteiger partial charge in [-0.25, -0.2) is 22.3 Å². The third-order valence-corrected chi connectivity index (χ3v) is 6.28. The number of aromatic nitrogens is 2. The Hall–Kier alpha value is -3.40. The summed E-state index contributed by atoms with van der Waals surface area (Å²) in [5, 5.41) is 9.18. The lowest BCUT2D eigenvalue weighted by atomic mass is 9.96. The molecule has 0 aliphatic heterocycles. The van der Waals surface area contributed by atoms with Crippen LogP contribution < -0.4 is 10.7 Å². The maximum Gasteiger partial charge on any atom is 0.280 e. The maximum absolute atomic E-state index is 13.9. The fraction of sp³-hybridized carbons (Fsp3) is 0.0435. The van der Waals surface area contributed by atoms with E-state index in [2.05, 4.69) is 5.10 Å². The summed E-state index contributed by atoms with van der Waals surface area (Å²) in [4.78, 5) is 13.4. The van der Waals surface area contributed by atoms with Gasteiger partial charge in [0.15, 0.2) is 0 Å². The Morgan fingerprint density at radius 3 is 2.18 bits per heavy atom. The van der Waals surface area contributed by atoms with Gasteiger partial charge in [0.2, 0.25) is 10.0 Å². The minimum Gasteiger partial charge on any atom is -0.267 e. The molecule has 3 aromatic carbocycles. The van der Waals surface area contributed by atoms with Crippen molar-refractivity contribution in [2.75, 3.05) is 0 Å². The van der Waals surface area contributed by atoms with E-state index in [-0.39, 0.29) is 21.2 Å².